The molecule has 3 rings (SSSR count). The van der Waals surface area contributed by atoms with Crippen LogP contribution in [0.1, 0.15) is 5.69 Å². The number of thiazole rings is 1. The van der Waals surface area contributed by atoms with Crippen molar-refractivity contribution in [1.82, 2.24) is 9.97 Å². The van der Waals surface area contributed by atoms with Crippen LogP contribution in [0.15, 0.2) is 29.6 Å². The Labute approximate surface area is 124 Å². The van der Waals surface area contributed by atoms with Gasteiger partial charge in [0.2, 0.25) is 0 Å². The van der Waals surface area contributed by atoms with Crippen LogP contribution in [0.4, 0.5) is 0 Å². The molecule has 0 N–H and O–H groups in total. The van der Waals surface area contributed by atoms with E-state index in [0.29, 0.717) is 32.7 Å². The molecule has 0 radical (unpaired) electrons. The minimum Gasteiger partial charge on any atom is -0.495 e. The predicted octanol–water partition coefficient (Wildman–Crippen LogP) is 3.89. The summed E-state index contributed by atoms with van der Waals surface area (Å²) in [5.41, 5.74) is 1.75. The maximum Gasteiger partial charge on any atom is 0.152 e. The number of hydrogen-bond acceptors (Lipinski definition) is 5. The number of methoxy groups -OCH3 is 1. The number of pyridine rings is 1. The lowest BCUT2D eigenvalue weighted by atomic mass is 10.2. The van der Waals surface area contributed by atoms with Crippen molar-refractivity contribution in [3.8, 4) is 22.5 Å². The molecule has 0 aliphatic carbocycles. The first kappa shape index (κ1) is 12.9. The highest BCUT2D eigenvalue weighted by atomic mass is 35.5. The van der Waals surface area contributed by atoms with Crippen molar-refractivity contribution < 1.29 is 4.74 Å². The van der Waals surface area contributed by atoms with Crippen molar-refractivity contribution >= 4 is 33.8 Å². The number of halogens is 1. The van der Waals surface area contributed by atoms with Gasteiger partial charge in [0.25, 0.3) is 0 Å². The fraction of sp³-hybridized carbons (Fsp3) is 0.0714. The Kier molecular flexibility index (Phi) is 3.26. The molecule has 0 aliphatic rings. The van der Waals surface area contributed by atoms with E-state index in [0.717, 1.165) is 5.39 Å². The summed E-state index contributed by atoms with van der Waals surface area (Å²) in [6, 6.07) is 9.51. The second-order valence-corrected chi connectivity index (χ2v) is 5.24. The van der Waals surface area contributed by atoms with Crippen LogP contribution in [0, 0.1) is 11.3 Å². The van der Waals surface area contributed by atoms with Crippen molar-refractivity contribution in [2.45, 2.75) is 0 Å². The van der Waals surface area contributed by atoms with Crippen LogP contribution in [0.5, 0.6) is 5.75 Å². The Morgan fingerprint density at radius 1 is 1.25 bits per heavy atom. The van der Waals surface area contributed by atoms with Gasteiger partial charge in [-0.05, 0) is 18.2 Å². The van der Waals surface area contributed by atoms with Crippen molar-refractivity contribution in [2.24, 2.45) is 0 Å². The summed E-state index contributed by atoms with van der Waals surface area (Å²) in [5, 5.41) is 12.6. The molecule has 0 fully saturated rings. The normalized spacial score (nSPS) is 10.4. The molecule has 98 valence electrons. The van der Waals surface area contributed by atoms with Crippen LogP contribution in [0.3, 0.4) is 0 Å². The largest absolute Gasteiger partial charge is 0.495 e. The Hall–Kier alpha value is -2.16. The van der Waals surface area contributed by atoms with E-state index in [4.69, 9.17) is 21.6 Å². The second kappa shape index (κ2) is 5.08. The quantitative estimate of drug-likeness (QED) is 0.720. The lowest BCUT2D eigenvalue weighted by Gasteiger charge is -2.06. The number of nitriles is 1. The van der Waals surface area contributed by atoms with Gasteiger partial charge in [0.15, 0.2) is 5.69 Å². The molecule has 1 aromatic carbocycles. The molecule has 20 heavy (non-hydrogen) atoms. The molecule has 0 aliphatic heterocycles. The zero-order chi connectivity index (χ0) is 14.1. The third-order valence-corrected chi connectivity index (χ3v) is 4.05. The van der Waals surface area contributed by atoms with Gasteiger partial charge >= 0.3 is 0 Å². The van der Waals surface area contributed by atoms with Crippen molar-refractivity contribution in [3.05, 3.63) is 40.4 Å². The highest BCUT2D eigenvalue weighted by Gasteiger charge is 2.11. The average Bonchev–Trinajstić information content (AvgIpc) is 2.96. The lowest BCUT2D eigenvalue weighted by molar-refractivity contribution is 0.415. The highest BCUT2D eigenvalue weighted by Crippen LogP contribution is 2.33. The topological polar surface area (TPSA) is 58.8 Å². The average molecular weight is 302 g/mol. The summed E-state index contributed by atoms with van der Waals surface area (Å²) in [7, 11) is 1.57. The van der Waals surface area contributed by atoms with E-state index in [-0.39, 0.29) is 0 Å². The fourth-order valence-corrected chi connectivity index (χ4v) is 2.86. The van der Waals surface area contributed by atoms with E-state index in [1.807, 2.05) is 30.3 Å². The van der Waals surface area contributed by atoms with Gasteiger partial charge < -0.3 is 4.74 Å². The third kappa shape index (κ3) is 2.09. The molecule has 0 bridgehead atoms. The second-order valence-electron chi connectivity index (χ2n) is 4.00. The Morgan fingerprint density at radius 3 is 2.75 bits per heavy atom. The van der Waals surface area contributed by atoms with E-state index in [1.54, 1.807) is 12.5 Å². The fourth-order valence-electron chi connectivity index (χ4n) is 1.86. The minimum atomic E-state index is 0.392. The highest BCUT2D eigenvalue weighted by molar-refractivity contribution is 7.13. The van der Waals surface area contributed by atoms with Crippen molar-refractivity contribution in [1.29, 1.82) is 5.26 Å². The molecular formula is C14H8ClN3OS. The van der Waals surface area contributed by atoms with Crippen molar-refractivity contribution in [2.75, 3.05) is 7.11 Å². The van der Waals surface area contributed by atoms with Gasteiger partial charge in [0.05, 0.1) is 18.3 Å². The van der Waals surface area contributed by atoms with E-state index in [1.165, 1.54) is 11.3 Å². The Balaban J connectivity index is 2.19. The number of nitrogens with zero attached hydrogens (tertiary/aromatic N) is 3. The SMILES string of the molecule is COc1ccc2ccc(-c3nc(C#N)cs3)nc2c1Cl. The van der Waals surface area contributed by atoms with Gasteiger partial charge in [-0.15, -0.1) is 11.3 Å². The van der Waals surface area contributed by atoms with Gasteiger partial charge in [0.1, 0.15) is 21.8 Å². The predicted molar refractivity (Wildman–Crippen MR) is 79.1 cm³/mol. The Bertz CT molecular complexity index is 838. The summed E-state index contributed by atoms with van der Waals surface area (Å²) in [6.07, 6.45) is 0. The van der Waals surface area contributed by atoms with Gasteiger partial charge in [0, 0.05) is 10.8 Å². The first-order valence-corrected chi connectivity index (χ1v) is 6.98. The van der Waals surface area contributed by atoms with E-state index < -0.39 is 0 Å². The van der Waals surface area contributed by atoms with Gasteiger partial charge in [-0.2, -0.15) is 5.26 Å². The number of rotatable bonds is 2. The lowest BCUT2D eigenvalue weighted by Crippen LogP contribution is -1.89. The summed E-state index contributed by atoms with van der Waals surface area (Å²) in [5.74, 6) is 0.584. The number of ether oxygens (including phenoxy) is 1. The molecule has 0 amide bonds. The molecular weight excluding hydrogens is 294 g/mol. The molecule has 3 aromatic rings. The van der Waals surface area contributed by atoms with Crippen LogP contribution >= 0.6 is 22.9 Å². The summed E-state index contributed by atoms with van der Waals surface area (Å²) in [4.78, 5) is 8.73. The molecule has 6 heteroatoms. The van der Waals surface area contributed by atoms with E-state index in [9.17, 15) is 0 Å². The zero-order valence-corrected chi connectivity index (χ0v) is 12.0. The van der Waals surface area contributed by atoms with Gasteiger partial charge in [-0.1, -0.05) is 17.7 Å². The molecule has 0 saturated carbocycles. The third-order valence-electron chi connectivity index (χ3n) is 2.82. The summed E-state index contributed by atoms with van der Waals surface area (Å²) < 4.78 is 5.19. The molecule has 0 unspecified atom stereocenters. The summed E-state index contributed by atoms with van der Waals surface area (Å²) >= 11 is 7.66. The van der Waals surface area contributed by atoms with Crippen LogP contribution in [0.25, 0.3) is 21.6 Å². The molecule has 4 nitrogen and oxygen atoms in total. The van der Waals surface area contributed by atoms with Gasteiger partial charge in [-0.25, -0.2) is 9.97 Å². The van der Waals surface area contributed by atoms with E-state index in [2.05, 4.69) is 9.97 Å². The minimum absolute atomic E-state index is 0.392. The first-order valence-electron chi connectivity index (χ1n) is 5.72. The Morgan fingerprint density at radius 2 is 2.05 bits per heavy atom. The smallest absolute Gasteiger partial charge is 0.152 e. The standard InChI is InChI=1S/C14H8ClN3OS/c1-19-11-5-3-8-2-4-10(18-13(8)12(11)15)14-17-9(6-16)7-20-14/h2-5,7H,1H3. The number of benzene rings is 1. The maximum absolute atomic E-state index is 8.82. The molecule has 0 spiro atoms. The summed E-state index contributed by atoms with van der Waals surface area (Å²) in [6.45, 7) is 0. The van der Waals surface area contributed by atoms with Crippen LogP contribution in [-0.2, 0) is 0 Å². The zero-order valence-electron chi connectivity index (χ0n) is 10.4. The van der Waals surface area contributed by atoms with Crippen LogP contribution in [-0.4, -0.2) is 17.1 Å². The molecule has 2 aromatic heterocycles. The maximum atomic E-state index is 8.82. The molecule has 2 heterocycles. The van der Waals surface area contributed by atoms with Crippen molar-refractivity contribution in [3.63, 3.8) is 0 Å². The number of fused-ring (bicyclic) bond motifs is 1. The molecule has 0 saturated heterocycles. The molecule has 0 atom stereocenters. The van der Waals surface area contributed by atoms with Gasteiger partial charge in [-0.3, -0.25) is 0 Å². The van der Waals surface area contributed by atoms with E-state index >= 15 is 0 Å². The first-order chi connectivity index (χ1) is 9.72. The monoisotopic (exact) mass is 301 g/mol. The van der Waals surface area contributed by atoms with Crippen LogP contribution in [0.2, 0.25) is 5.02 Å². The number of aromatic nitrogens is 2. The van der Waals surface area contributed by atoms with Crippen LogP contribution < -0.4 is 4.74 Å². The number of hydrogen-bond donors (Lipinski definition) is 0.